The third-order valence-corrected chi connectivity index (χ3v) is 4.65. The highest BCUT2D eigenvalue weighted by Gasteiger charge is 2.09. The van der Waals surface area contributed by atoms with Crippen molar-refractivity contribution in [2.24, 2.45) is 10.1 Å². The summed E-state index contributed by atoms with van der Waals surface area (Å²) >= 11 is 1.46. The smallest absolute Gasteiger partial charge is 0.206 e. The van der Waals surface area contributed by atoms with E-state index < -0.39 is 0 Å². The summed E-state index contributed by atoms with van der Waals surface area (Å²) in [6, 6.07) is 11.4. The lowest BCUT2D eigenvalue weighted by molar-refractivity contribution is 0.337. The molecule has 0 amide bonds. The lowest BCUT2D eigenvalue weighted by Crippen LogP contribution is -2.14. The third-order valence-electron chi connectivity index (χ3n) is 3.82. The fourth-order valence-electron chi connectivity index (χ4n) is 2.55. The van der Waals surface area contributed by atoms with Crippen LogP contribution in [0.4, 0.5) is 4.39 Å². The van der Waals surface area contributed by atoms with E-state index in [1.807, 2.05) is 26.2 Å². The van der Waals surface area contributed by atoms with Crippen molar-refractivity contribution in [2.75, 3.05) is 6.61 Å². The van der Waals surface area contributed by atoms with Crippen LogP contribution in [0, 0.1) is 5.82 Å². The van der Waals surface area contributed by atoms with E-state index in [1.165, 1.54) is 23.5 Å². The topological polar surface area (TPSA) is 59.1 Å². The van der Waals surface area contributed by atoms with E-state index in [1.54, 1.807) is 41.2 Å². The number of benzene rings is 2. The van der Waals surface area contributed by atoms with Gasteiger partial charge in [0.2, 0.25) is 4.80 Å². The molecule has 7 heteroatoms. The number of nitrogens with zero attached hydrogens (tertiary/aromatic N) is 3. The third kappa shape index (κ3) is 4.67. The Balaban J connectivity index is 2.03. The number of ether oxygens (including phenoxy) is 1. The molecular weight excluding hydrogens is 377 g/mol. The van der Waals surface area contributed by atoms with Crippen LogP contribution in [0.2, 0.25) is 0 Å². The zero-order valence-electron chi connectivity index (χ0n) is 16.0. The first-order valence-corrected chi connectivity index (χ1v) is 9.86. The number of phenols is 1. The maximum absolute atomic E-state index is 13.3. The molecule has 1 aromatic heterocycles. The first kappa shape index (κ1) is 19.8. The van der Waals surface area contributed by atoms with Crippen molar-refractivity contribution in [3.05, 3.63) is 64.0 Å². The molecule has 0 saturated heterocycles. The van der Waals surface area contributed by atoms with Gasteiger partial charge in [-0.05, 0) is 57.2 Å². The molecule has 3 rings (SSSR count). The van der Waals surface area contributed by atoms with Crippen molar-refractivity contribution in [1.82, 2.24) is 4.68 Å². The monoisotopic (exact) mass is 399 g/mol. The van der Waals surface area contributed by atoms with Gasteiger partial charge in [-0.1, -0.05) is 0 Å². The normalized spacial score (nSPS) is 12.2. The van der Waals surface area contributed by atoms with Crippen molar-refractivity contribution in [1.29, 1.82) is 0 Å². The molecule has 0 spiro atoms. The molecule has 0 aliphatic heterocycles. The summed E-state index contributed by atoms with van der Waals surface area (Å²) in [7, 11) is 0. The molecule has 146 valence electrons. The van der Waals surface area contributed by atoms with Crippen molar-refractivity contribution in [3.8, 4) is 22.8 Å². The molecule has 0 fully saturated rings. The highest BCUT2D eigenvalue weighted by atomic mass is 32.1. The van der Waals surface area contributed by atoms with Crippen molar-refractivity contribution >= 4 is 17.6 Å². The van der Waals surface area contributed by atoms with E-state index in [2.05, 4.69) is 10.1 Å². The first-order chi connectivity index (χ1) is 13.5. The molecule has 1 N–H and O–H groups in total. The maximum Gasteiger partial charge on any atom is 0.206 e. The number of rotatable bonds is 6. The van der Waals surface area contributed by atoms with Crippen LogP contribution >= 0.6 is 11.3 Å². The molecule has 0 saturated carbocycles. The number of halogens is 1. The lowest BCUT2D eigenvalue weighted by atomic mass is 10.2. The summed E-state index contributed by atoms with van der Waals surface area (Å²) in [5, 5.41) is 16.7. The van der Waals surface area contributed by atoms with Gasteiger partial charge in [-0.3, -0.25) is 4.99 Å². The van der Waals surface area contributed by atoms with E-state index in [4.69, 9.17) is 4.74 Å². The Morgan fingerprint density at radius 2 is 1.96 bits per heavy atom. The Hall–Kier alpha value is -2.93. The van der Waals surface area contributed by atoms with E-state index >= 15 is 0 Å². The molecule has 0 aliphatic rings. The van der Waals surface area contributed by atoms with E-state index in [9.17, 15) is 9.50 Å². The number of phenolic OH excluding ortho intramolecular Hbond substituents is 1. The second-order valence-corrected chi connectivity index (χ2v) is 7.18. The van der Waals surface area contributed by atoms with Crippen LogP contribution < -0.4 is 9.54 Å². The van der Waals surface area contributed by atoms with Gasteiger partial charge in [0.15, 0.2) is 0 Å². The Labute approximate surface area is 167 Å². The largest absolute Gasteiger partial charge is 0.507 e. The van der Waals surface area contributed by atoms with E-state index in [0.717, 1.165) is 16.1 Å². The number of thiazole rings is 1. The van der Waals surface area contributed by atoms with Crippen molar-refractivity contribution in [2.45, 2.75) is 26.8 Å². The second kappa shape index (κ2) is 8.84. The summed E-state index contributed by atoms with van der Waals surface area (Å²) < 4.78 is 20.4. The molecule has 2 aromatic carbocycles. The highest BCUT2D eigenvalue weighted by Crippen LogP contribution is 2.23. The average Bonchev–Trinajstić information content (AvgIpc) is 3.04. The number of hydrogen-bond acceptors (Lipinski definition) is 5. The average molecular weight is 399 g/mol. The van der Waals surface area contributed by atoms with Crippen molar-refractivity contribution in [3.63, 3.8) is 0 Å². The standard InChI is InChI=1S/C21H22FN3O2S/c1-4-27-18-10-7-16(20(26)11-18)12-23-25-19(13-28-21(25)24-14(2)3)15-5-8-17(22)9-6-15/h5-14,26H,4H2,1-3H3. The molecule has 0 unspecified atom stereocenters. The van der Waals surface area contributed by atoms with Crippen LogP contribution in [-0.4, -0.2) is 28.6 Å². The fraction of sp³-hybridized carbons (Fsp3) is 0.238. The van der Waals surface area contributed by atoms with Gasteiger partial charge < -0.3 is 9.84 Å². The van der Waals surface area contributed by atoms with Crippen LogP contribution in [0.5, 0.6) is 11.5 Å². The zero-order chi connectivity index (χ0) is 20.1. The van der Waals surface area contributed by atoms with Crippen LogP contribution in [0.15, 0.2) is 57.9 Å². The predicted molar refractivity (Wildman–Crippen MR) is 111 cm³/mol. The number of aromatic nitrogens is 1. The molecular formula is C21H22FN3O2S. The van der Waals surface area contributed by atoms with Gasteiger partial charge in [0.05, 0.1) is 18.5 Å². The summed E-state index contributed by atoms with van der Waals surface area (Å²) in [5.41, 5.74) is 2.18. The molecule has 1 heterocycles. The van der Waals surface area contributed by atoms with Crippen LogP contribution in [-0.2, 0) is 0 Å². The van der Waals surface area contributed by atoms with Gasteiger partial charge in [-0.25, -0.2) is 9.07 Å². The van der Waals surface area contributed by atoms with E-state index in [-0.39, 0.29) is 17.6 Å². The molecule has 3 aromatic rings. The Morgan fingerprint density at radius 1 is 1.21 bits per heavy atom. The summed E-state index contributed by atoms with van der Waals surface area (Å²) in [5.74, 6) is 0.388. The fourth-order valence-corrected chi connectivity index (χ4v) is 3.52. The molecule has 28 heavy (non-hydrogen) atoms. The van der Waals surface area contributed by atoms with Crippen LogP contribution in [0.3, 0.4) is 0 Å². The zero-order valence-corrected chi connectivity index (χ0v) is 16.8. The minimum absolute atomic E-state index is 0.0798. The van der Waals surface area contributed by atoms with Gasteiger partial charge in [0, 0.05) is 28.6 Å². The SMILES string of the molecule is CCOc1ccc(C=Nn2c(-c3ccc(F)cc3)csc2=NC(C)C)c(O)c1. The molecule has 0 atom stereocenters. The van der Waals surface area contributed by atoms with Gasteiger partial charge in [0.1, 0.15) is 17.3 Å². The summed E-state index contributed by atoms with van der Waals surface area (Å²) in [6.07, 6.45) is 1.57. The van der Waals surface area contributed by atoms with Crippen LogP contribution in [0.25, 0.3) is 11.3 Å². The molecule has 0 radical (unpaired) electrons. The quantitative estimate of drug-likeness (QED) is 0.613. The van der Waals surface area contributed by atoms with Gasteiger partial charge >= 0.3 is 0 Å². The second-order valence-electron chi connectivity index (χ2n) is 6.34. The number of hydrogen-bond donors (Lipinski definition) is 1. The van der Waals surface area contributed by atoms with E-state index in [0.29, 0.717) is 17.9 Å². The first-order valence-electron chi connectivity index (χ1n) is 8.98. The summed E-state index contributed by atoms with van der Waals surface area (Å²) in [6.45, 7) is 6.39. The Morgan fingerprint density at radius 3 is 2.61 bits per heavy atom. The highest BCUT2D eigenvalue weighted by molar-refractivity contribution is 7.07. The minimum atomic E-state index is -0.291. The Kier molecular flexibility index (Phi) is 6.26. The van der Waals surface area contributed by atoms with Gasteiger partial charge in [-0.2, -0.15) is 5.10 Å². The van der Waals surface area contributed by atoms with Gasteiger partial charge in [-0.15, -0.1) is 11.3 Å². The minimum Gasteiger partial charge on any atom is -0.507 e. The Bertz CT molecular complexity index is 1040. The lowest BCUT2D eigenvalue weighted by Gasteiger charge is -2.06. The molecule has 5 nitrogen and oxygen atoms in total. The molecule has 0 bridgehead atoms. The van der Waals surface area contributed by atoms with Crippen molar-refractivity contribution < 1.29 is 14.2 Å². The van der Waals surface area contributed by atoms with Crippen LogP contribution in [0.1, 0.15) is 26.3 Å². The molecule has 0 aliphatic carbocycles. The van der Waals surface area contributed by atoms with Gasteiger partial charge in [0.25, 0.3) is 0 Å². The maximum atomic E-state index is 13.3. The predicted octanol–water partition coefficient (Wildman–Crippen LogP) is 4.65. The number of aromatic hydroxyl groups is 1. The summed E-state index contributed by atoms with van der Waals surface area (Å²) in [4.78, 5) is 5.33.